The number of aromatic nitrogens is 2. The Morgan fingerprint density at radius 3 is 3.00 bits per heavy atom. The number of carbonyl (C=O) groups excluding carboxylic acids is 1. The van der Waals surface area contributed by atoms with Crippen molar-refractivity contribution in [1.29, 1.82) is 0 Å². The van der Waals surface area contributed by atoms with Gasteiger partial charge in [0.2, 0.25) is 0 Å². The molecule has 1 atom stereocenters. The molecule has 1 unspecified atom stereocenters. The lowest BCUT2D eigenvalue weighted by Gasteiger charge is -2.30. The van der Waals surface area contributed by atoms with Crippen LogP contribution in [0.25, 0.3) is 0 Å². The van der Waals surface area contributed by atoms with E-state index in [1.807, 2.05) is 0 Å². The summed E-state index contributed by atoms with van der Waals surface area (Å²) in [7, 11) is 0. The Bertz CT molecular complexity index is 377. The summed E-state index contributed by atoms with van der Waals surface area (Å²) in [6, 6.07) is -1.65. The first-order valence-corrected chi connectivity index (χ1v) is 4.39. The smallest absolute Gasteiger partial charge is 0.326 e. The molecular weight excluding hydrogens is 200 g/mol. The molecule has 1 aromatic rings. The number of rotatable bonds is 1. The van der Waals surface area contributed by atoms with Gasteiger partial charge in [-0.3, -0.25) is 0 Å². The fourth-order valence-corrected chi connectivity index (χ4v) is 1.69. The van der Waals surface area contributed by atoms with Crippen LogP contribution < -0.4 is 5.73 Å². The molecule has 0 radical (unpaired) electrons. The van der Waals surface area contributed by atoms with Crippen LogP contribution in [0.1, 0.15) is 11.4 Å². The molecule has 80 valence electrons. The molecule has 2 heterocycles. The van der Waals surface area contributed by atoms with Gasteiger partial charge in [0.05, 0.1) is 24.3 Å². The van der Waals surface area contributed by atoms with E-state index >= 15 is 0 Å². The van der Waals surface area contributed by atoms with Crippen LogP contribution in [-0.4, -0.2) is 38.0 Å². The molecular formula is C8H10N4O3. The van der Waals surface area contributed by atoms with Crippen molar-refractivity contribution in [2.75, 3.05) is 0 Å². The second kappa shape index (κ2) is 3.26. The highest BCUT2D eigenvalue weighted by Crippen LogP contribution is 2.20. The predicted octanol–water partition coefficient (Wildman–Crippen LogP) is -0.700. The summed E-state index contributed by atoms with van der Waals surface area (Å²) >= 11 is 0. The van der Waals surface area contributed by atoms with Crippen LogP contribution in [-0.2, 0) is 17.8 Å². The Labute approximate surface area is 84.9 Å². The number of fused-ring (bicyclic) bond motifs is 1. The first kappa shape index (κ1) is 9.50. The number of nitrogens with zero attached hydrogens (tertiary/aromatic N) is 2. The van der Waals surface area contributed by atoms with Crippen LogP contribution in [0.3, 0.4) is 0 Å². The van der Waals surface area contributed by atoms with Gasteiger partial charge < -0.3 is 20.7 Å². The predicted molar refractivity (Wildman–Crippen MR) is 48.8 cm³/mol. The molecule has 0 fully saturated rings. The van der Waals surface area contributed by atoms with E-state index in [0.29, 0.717) is 5.69 Å². The summed E-state index contributed by atoms with van der Waals surface area (Å²) in [5.41, 5.74) is 6.53. The minimum atomic E-state index is -1.07. The van der Waals surface area contributed by atoms with Gasteiger partial charge in [-0.2, -0.15) is 0 Å². The van der Waals surface area contributed by atoms with Crippen LogP contribution in [0.15, 0.2) is 6.33 Å². The summed E-state index contributed by atoms with van der Waals surface area (Å²) in [4.78, 5) is 29.9. The fraction of sp³-hybridized carbons (Fsp3) is 0.375. The van der Waals surface area contributed by atoms with Crippen molar-refractivity contribution in [2.24, 2.45) is 5.73 Å². The number of nitrogens with one attached hydrogen (secondary N) is 1. The van der Waals surface area contributed by atoms with E-state index in [1.165, 1.54) is 6.33 Å². The number of primary amides is 1. The quantitative estimate of drug-likeness (QED) is 0.568. The highest BCUT2D eigenvalue weighted by Gasteiger charge is 2.34. The molecule has 4 N–H and O–H groups in total. The van der Waals surface area contributed by atoms with E-state index in [4.69, 9.17) is 10.8 Å². The maximum atomic E-state index is 11.1. The largest absolute Gasteiger partial charge is 0.480 e. The Balaban J connectivity index is 2.33. The number of imidazole rings is 1. The summed E-state index contributed by atoms with van der Waals surface area (Å²) < 4.78 is 0. The van der Waals surface area contributed by atoms with Crippen molar-refractivity contribution < 1.29 is 14.7 Å². The number of amides is 2. The van der Waals surface area contributed by atoms with E-state index in [0.717, 1.165) is 10.6 Å². The Kier molecular flexibility index (Phi) is 2.07. The molecule has 7 nitrogen and oxygen atoms in total. The maximum Gasteiger partial charge on any atom is 0.326 e. The zero-order chi connectivity index (χ0) is 11.0. The summed E-state index contributed by atoms with van der Waals surface area (Å²) in [5, 5.41) is 8.93. The lowest BCUT2D eigenvalue weighted by Crippen LogP contribution is -2.50. The number of nitrogens with two attached hydrogens (primary N) is 1. The summed E-state index contributed by atoms with van der Waals surface area (Å²) in [6.07, 6.45) is 1.67. The number of H-pyrrole nitrogens is 1. The summed E-state index contributed by atoms with van der Waals surface area (Å²) in [6.45, 7) is 0.168. The van der Waals surface area contributed by atoms with Crippen molar-refractivity contribution in [2.45, 2.75) is 19.0 Å². The van der Waals surface area contributed by atoms with E-state index in [2.05, 4.69) is 9.97 Å². The molecule has 1 aliphatic rings. The maximum absolute atomic E-state index is 11.1. The van der Waals surface area contributed by atoms with Crippen LogP contribution >= 0.6 is 0 Å². The fourth-order valence-electron chi connectivity index (χ4n) is 1.69. The highest BCUT2D eigenvalue weighted by atomic mass is 16.4. The second-order valence-corrected chi connectivity index (χ2v) is 3.35. The molecule has 7 heteroatoms. The SMILES string of the molecule is NC(=O)N1Cc2[nH]cnc2CC1C(=O)O. The van der Waals surface area contributed by atoms with Gasteiger partial charge in [-0.15, -0.1) is 0 Å². The number of carbonyl (C=O) groups is 2. The van der Waals surface area contributed by atoms with Crippen molar-refractivity contribution in [3.8, 4) is 0 Å². The van der Waals surface area contributed by atoms with Crippen molar-refractivity contribution in [3.63, 3.8) is 0 Å². The minimum Gasteiger partial charge on any atom is -0.480 e. The van der Waals surface area contributed by atoms with Crippen LogP contribution in [0.4, 0.5) is 4.79 Å². The monoisotopic (exact) mass is 210 g/mol. The van der Waals surface area contributed by atoms with Gasteiger partial charge in [-0.25, -0.2) is 14.6 Å². The van der Waals surface area contributed by atoms with Crippen molar-refractivity contribution in [3.05, 3.63) is 17.7 Å². The van der Waals surface area contributed by atoms with Crippen molar-refractivity contribution in [1.82, 2.24) is 14.9 Å². The highest BCUT2D eigenvalue weighted by molar-refractivity contribution is 5.82. The molecule has 1 aromatic heterocycles. The molecule has 15 heavy (non-hydrogen) atoms. The number of carboxylic acids is 1. The third-order valence-corrected chi connectivity index (χ3v) is 2.47. The number of hydrogen-bond acceptors (Lipinski definition) is 3. The molecule has 0 aliphatic carbocycles. The normalized spacial score (nSPS) is 19.7. The first-order chi connectivity index (χ1) is 7.09. The number of carboxylic acid groups (broad SMARTS) is 1. The Morgan fingerprint density at radius 1 is 1.67 bits per heavy atom. The van der Waals surface area contributed by atoms with E-state index < -0.39 is 18.0 Å². The summed E-state index contributed by atoms with van der Waals surface area (Å²) in [5.74, 6) is -1.07. The molecule has 2 rings (SSSR count). The molecule has 0 aromatic carbocycles. The van der Waals surface area contributed by atoms with Crippen LogP contribution in [0.2, 0.25) is 0 Å². The van der Waals surface area contributed by atoms with Crippen LogP contribution in [0, 0.1) is 0 Å². The lowest BCUT2D eigenvalue weighted by molar-refractivity contribution is -0.142. The average Bonchev–Trinajstić information content (AvgIpc) is 2.61. The number of aliphatic carboxylic acids is 1. The zero-order valence-electron chi connectivity index (χ0n) is 7.80. The number of hydrogen-bond donors (Lipinski definition) is 3. The first-order valence-electron chi connectivity index (χ1n) is 4.39. The van der Waals surface area contributed by atoms with Crippen LogP contribution in [0.5, 0.6) is 0 Å². The van der Waals surface area contributed by atoms with Gasteiger partial charge in [-0.05, 0) is 0 Å². The minimum absolute atomic E-state index is 0.168. The van der Waals surface area contributed by atoms with Gasteiger partial charge in [0.1, 0.15) is 6.04 Å². The third kappa shape index (κ3) is 1.51. The van der Waals surface area contributed by atoms with E-state index in [9.17, 15) is 9.59 Å². The van der Waals surface area contributed by atoms with E-state index in [-0.39, 0.29) is 13.0 Å². The number of urea groups is 1. The molecule has 0 spiro atoms. The Morgan fingerprint density at radius 2 is 2.40 bits per heavy atom. The molecule has 0 bridgehead atoms. The Hall–Kier alpha value is -2.05. The zero-order valence-corrected chi connectivity index (χ0v) is 7.80. The molecule has 0 saturated carbocycles. The van der Waals surface area contributed by atoms with Gasteiger partial charge in [-0.1, -0.05) is 0 Å². The second-order valence-electron chi connectivity index (χ2n) is 3.35. The standard InChI is InChI=1S/C8H10N4O3/c9-8(15)12-2-5-4(10-3-11-5)1-6(12)7(13)14/h3,6H,1-2H2,(H2,9,15)(H,10,11)(H,13,14). The molecule has 0 saturated heterocycles. The lowest BCUT2D eigenvalue weighted by atomic mass is 10.0. The average molecular weight is 210 g/mol. The third-order valence-electron chi connectivity index (χ3n) is 2.47. The van der Waals surface area contributed by atoms with Gasteiger partial charge in [0, 0.05) is 6.42 Å². The van der Waals surface area contributed by atoms with Crippen molar-refractivity contribution >= 4 is 12.0 Å². The number of aromatic amines is 1. The van der Waals surface area contributed by atoms with E-state index in [1.54, 1.807) is 0 Å². The van der Waals surface area contributed by atoms with Gasteiger partial charge in [0.15, 0.2) is 0 Å². The van der Waals surface area contributed by atoms with Gasteiger partial charge >= 0.3 is 12.0 Å². The van der Waals surface area contributed by atoms with Gasteiger partial charge in [0.25, 0.3) is 0 Å². The molecule has 1 aliphatic heterocycles. The molecule has 2 amide bonds. The topological polar surface area (TPSA) is 112 Å².